The molecular formula is C17H19ClN4O3. The summed E-state index contributed by atoms with van der Waals surface area (Å²) in [4.78, 5) is 33.5. The Bertz CT molecular complexity index is 774. The summed E-state index contributed by atoms with van der Waals surface area (Å²) in [5.41, 5.74) is 2.71. The first-order valence-corrected chi connectivity index (χ1v) is 8.31. The fourth-order valence-corrected chi connectivity index (χ4v) is 3.11. The van der Waals surface area contributed by atoms with E-state index in [9.17, 15) is 9.59 Å². The lowest BCUT2D eigenvalue weighted by atomic mass is 9.96. The number of amides is 2. The Morgan fingerprint density at radius 1 is 1.40 bits per heavy atom. The monoisotopic (exact) mass is 362 g/mol. The molecule has 2 aromatic rings. The van der Waals surface area contributed by atoms with Gasteiger partial charge in [0.1, 0.15) is 12.1 Å². The average molecular weight is 363 g/mol. The summed E-state index contributed by atoms with van der Waals surface area (Å²) in [7, 11) is 1.29. The van der Waals surface area contributed by atoms with Gasteiger partial charge in [0.15, 0.2) is 0 Å². The highest BCUT2D eigenvalue weighted by molar-refractivity contribution is 6.30. The van der Waals surface area contributed by atoms with Crippen molar-refractivity contribution in [2.75, 3.05) is 13.7 Å². The van der Waals surface area contributed by atoms with Crippen LogP contribution in [-0.4, -0.2) is 46.6 Å². The van der Waals surface area contributed by atoms with Gasteiger partial charge in [-0.25, -0.2) is 14.6 Å². The molecular weight excluding hydrogens is 344 g/mol. The molecule has 1 aromatic carbocycles. The zero-order valence-electron chi connectivity index (χ0n) is 14.0. The first-order valence-electron chi connectivity index (χ1n) is 7.94. The van der Waals surface area contributed by atoms with Gasteiger partial charge in [0.2, 0.25) is 0 Å². The minimum absolute atomic E-state index is 0.341. The number of methoxy groups -OCH3 is 1. The van der Waals surface area contributed by atoms with Crippen LogP contribution in [0.15, 0.2) is 30.6 Å². The topological polar surface area (TPSA) is 87.3 Å². The molecule has 0 unspecified atom stereocenters. The summed E-state index contributed by atoms with van der Waals surface area (Å²) in [5, 5.41) is 3.31. The zero-order chi connectivity index (χ0) is 18.0. The molecule has 1 aliphatic heterocycles. The van der Waals surface area contributed by atoms with Crippen molar-refractivity contribution in [3.63, 3.8) is 0 Å². The third-order valence-electron chi connectivity index (χ3n) is 4.27. The van der Waals surface area contributed by atoms with Crippen LogP contribution < -0.4 is 5.32 Å². The molecule has 2 N–H and O–H groups in total. The van der Waals surface area contributed by atoms with Crippen molar-refractivity contribution in [3.8, 4) is 0 Å². The summed E-state index contributed by atoms with van der Waals surface area (Å²) in [6.07, 6.45) is 2.30. The third-order valence-corrected chi connectivity index (χ3v) is 4.52. The number of fused-ring (bicyclic) bond motifs is 1. The van der Waals surface area contributed by atoms with Crippen LogP contribution in [0.3, 0.4) is 0 Å². The molecule has 0 aliphatic carbocycles. The zero-order valence-corrected chi connectivity index (χ0v) is 14.7. The number of urea groups is 1. The molecule has 2 amide bonds. The van der Waals surface area contributed by atoms with Gasteiger partial charge in [-0.15, -0.1) is 0 Å². The molecule has 0 spiro atoms. The number of aromatic amines is 1. The maximum atomic E-state index is 12.8. The van der Waals surface area contributed by atoms with Gasteiger partial charge in [-0.2, -0.15) is 0 Å². The Hall–Kier alpha value is -2.54. The molecule has 0 saturated heterocycles. The van der Waals surface area contributed by atoms with Crippen molar-refractivity contribution >= 4 is 23.6 Å². The third kappa shape index (κ3) is 3.46. The molecule has 2 heterocycles. The summed E-state index contributed by atoms with van der Waals surface area (Å²) in [6, 6.07) is 5.89. The highest BCUT2D eigenvalue weighted by Crippen LogP contribution is 2.33. The van der Waals surface area contributed by atoms with Gasteiger partial charge in [-0.3, -0.25) is 0 Å². The Labute approximate surface area is 150 Å². The molecule has 0 saturated carbocycles. The first-order chi connectivity index (χ1) is 12.0. The maximum absolute atomic E-state index is 12.8. The van der Waals surface area contributed by atoms with Crippen molar-refractivity contribution in [1.29, 1.82) is 0 Å². The van der Waals surface area contributed by atoms with E-state index in [0.29, 0.717) is 18.0 Å². The minimum Gasteiger partial charge on any atom is -0.467 e. The van der Waals surface area contributed by atoms with Crippen LogP contribution in [0.2, 0.25) is 5.02 Å². The van der Waals surface area contributed by atoms with E-state index in [1.165, 1.54) is 7.11 Å². The Morgan fingerprint density at radius 2 is 2.12 bits per heavy atom. The fraction of sp³-hybridized carbons (Fsp3) is 0.353. The number of benzene rings is 1. The SMILES string of the molecule is COC(=O)[C@@H](C)NC(=O)N1CCc2[nH]cnc2[C@@H]1c1ccc(Cl)cc1. The van der Waals surface area contributed by atoms with Crippen LogP contribution in [0.1, 0.15) is 29.9 Å². The minimum atomic E-state index is -0.732. The van der Waals surface area contributed by atoms with Crippen molar-refractivity contribution in [3.05, 3.63) is 52.6 Å². The van der Waals surface area contributed by atoms with Crippen LogP contribution in [0.25, 0.3) is 0 Å². The van der Waals surface area contributed by atoms with Gasteiger partial charge in [-0.1, -0.05) is 23.7 Å². The number of nitrogens with zero attached hydrogens (tertiary/aromatic N) is 2. The smallest absolute Gasteiger partial charge is 0.328 e. The summed E-state index contributed by atoms with van der Waals surface area (Å²) < 4.78 is 4.66. The van der Waals surface area contributed by atoms with Gasteiger partial charge in [0.05, 0.1) is 19.1 Å². The van der Waals surface area contributed by atoms with Gasteiger partial charge in [0, 0.05) is 23.7 Å². The number of halogens is 1. The van der Waals surface area contributed by atoms with E-state index < -0.39 is 12.0 Å². The number of esters is 1. The molecule has 1 aromatic heterocycles. The standard InChI is InChI=1S/C17H19ClN4O3/c1-10(16(23)25-2)21-17(24)22-8-7-13-14(20-9-19-13)15(22)11-3-5-12(18)6-4-11/h3-6,9-10,15H,7-8H2,1-2H3,(H,19,20)(H,21,24)/t10-,15+/m1/s1. The molecule has 25 heavy (non-hydrogen) atoms. The molecule has 0 bridgehead atoms. The van der Waals surface area contributed by atoms with E-state index in [-0.39, 0.29) is 12.1 Å². The van der Waals surface area contributed by atoms with E-state index in [1.54, 1.807) is 30.3 Å². The van der Waals surface area contributed by atoms with E-state index >= 15 is 0 Å². The quantitative estimate of drug-likeness (QED) is 0.820. The second-order valence-electron chi connectivity index (χ2n) is 5.86. The van der Waals surface area contributed by atoms with E-state index in [0.717, 1.165) is 17.0 Å². The lowest BCUT2D eigenvalue weighted by Crippen LogP contribution is -2.50. The summed E-state index contributed by atoms with van der Waals surface area (Å²) in [6.45, 7) is 2.09. The predicted octanol–water partition coefficient (Wildman–Crippen LogP) is 2.28. The van der Waals surface area contributed by atoms with Gasteiger partial charge >= 0.3 is 12.0 Å². The summed E-state index contributed by atoms with van der Waals surface area (Å²) in [5.74, 6) is -0.492. The average Bonchev–Trinajstić information content (AvgIpc) is 3.09. The predicted molar refractivity (Wildman–Crippen MR) is 92.3 cm³/mol. The number of carbonyl (C=O) groups is 2. The Morgan fingerprint density at radius 3 is 2.80 bits per heavy atom. The molecule has 132 valence electrons. The van der Waals surface area contributed by atoms with Crippen LogP contribution >= 0.6 is 11.6 Å². The highest BCUT2D eigenvalue weighted by Gasteiger charge is 2.35. The fourth-order valence-electron chi connectivity index (χ4n) is 2.98. The molecule has 0 radical (unpaired) electrons. The lowest BCUT2D eigenvalue weighted by Gasteiger charge is -2.35. The van der Waals surface area contributed by atoms with Crippen LogP contribution in [0.4, 0.5) is 4.79 Å². The van der Waals surface area contributed by atoms with E-state index in [2.05, 4.69) is 20.0 Å². The summed E-state index contributed by atoms with van der Waals surface area (Å²) >= 11 is 5.98. The van der Waals surface area contributed by atoms with Gasteiger partial charge in [0.25, 0.3) is 0 Å². The number of nitrogens with one attached hydrogen (secondary N) is 2. The van der Waals surface area contributed by atoms with Crippen molar-refractivity contribution < 1.29 is 14.3 Å². The van der Waals surface area contributed by atoms with Crippen molar-refractivity contribution in [1.82, 2.24) is 20.2 Å². The van der Waals surface area contributed by atoms with Crippen LogP contribution in [-0.2, 0) is 16.0 Å². The largest absolute Gasteiger partial charge is 0.467 e. The molecule has 0 fully saturated rings. The highest BCUT2D eigenvalue weighted by atomic mass is 35.5. The molecule has 7 nitrogen and oxygen atoms in total. The lowest BCUT2D eigenvalue weighted by molar-refractivity contribution is -0.142. The van der Waals surface area contributed by atoms with Crippen molar-refractivity contribution in [2.45, 2.75) is 25.4 Å². The van der Waals surface area contributed by atoms with Gasteiger partial charge < -0.3 is 19.9 Å². The second kappa shape index (κ2) is 7.14. The molecule has 2 atom stereocenters. The van der Waals surface area contributed by atoms with Gasteiger partial charge in [-0.05, 0) is 24.6 Å². The maximum Gasteiger partial charge on any atom is 0.328 e. The number of imidazole rings is 1. The normalized spacial score (nSPS) is 17.6. The molecule has 3 rings (SSSR count). The molecule has 1 aliphatic rings. The number of aromatic nitrogens is 2. The van der Waals surface area contributed by atoms with Crippen LogP contribution in [0.5, 0.6) is 0 Å². The van der Waals surface area contributed by atoms with E-state index in [1.807, 2.05) is 12.1 Å². The first kappa shape index (κ1) is 17.3. The number of rotatable bonds is 3. The number of carbonyl (C=O) groups excluding carboxylic acids is 2. The second-order valence-corrected chi connectivity index (χ2v) is 6.29. The number of hydrogen-bond donors (Lipinski definition) is 2. The number of ether oxygens (including phenoxy) is 1. The molecule has 8 heteroatoms. The van der Waals surface area contributed by atoms with Crippen molar-refractivity contribution in [2.24, 2.45) is 0 Å². The Balaban J connectivity index is 1.90. The number of H-pyrrole nitrogens is 1. The number of hydrogen-bond acceptors (Lipinski definition) is 4. The van der Waals surface area contributed by atoms with E-state index in [4.69, 9.17) is 11.6 Å². The Kier molecular flexibility index (Phi) is 4.94. The van der Waals surface area contributed by atoms with Crippen LogP contribution in [0, 0.1) is 0 Å².